The third-order valence-electron chi connectivity index (χ3n) is 4.92. The van der Waals surface area contributed by atoms with E-state index in [0.717, 1.165) is 42.2 Å². The van der Waals surface area contributed by atoms with Gasteiger partial charge >= 0.3 is 6.18 Å². The van der Waals surface area contributed by atoms with Gasteiger partial charge in [-0.3, -0.25) is 0 Å². The Morgan fingerprint density at radius 1 is 1.13 bits per heavy atom. The molecule has 2 aromatic rings. The van der Waals surface area contributed by atoms with Gasteiger partial charge in [-0.2, -0.15) is 13.2 Å². The minimum absolute atomic E-state index is 0.468. The number of pyridine rings is 1. The van der Waals surface area contributed by atoms with E-state index < -0.39 is 11.7 Å². The Balaban J connectivity index is 1.58. The fraction of sp³-hybridized carbons (Fsp3) is 0.455. The second-order valence-corrected chi connectivity index (χ2v) is 7.15. The van der Waals surface area contributed by atoms with Crippen LogP contribution in [0.4, 0.5) is 19.0 Å². The summed E-state index contributed by atoms with van der Waals surface area (Å²) in [6.07, 6.45) is -1.94. The van der Waals surface area contributed by atoms with E-state index in [1.807, 2.05) is 19.1 Å². The molecule has 0 bridgehead atoms. The average molecular weight is 435 g/mol. The number of alkyl halides is 3. The third-order valence-corrected chi connectivity index (χ3v) is 4.92. The largest absolute Gasteiger partial charge is 0.416 e. The molecule has 6 nitrogen and oxygen atoms in total. The smallest absolute Gasteiger partial charge is 0.378 e. The summed E-state index contributed by atoms with van der Waals surface area (Å²) < 4.78 is 43.5. The zero-order valence-corrected chi connectivity index (χ0v) is 17.6. The number of rotatable bonds is 7. The minimum Gasteiger partial charge on any atom is -0.378 e. The lowest BCUT2D eigenvalue weighted by molar-refractivity contribution is -0.137. The normalized spacial score (nSPS) is 15.1. The molecule has 9 heteroatoms. The van der Waals surface area contributed by atoms with Crippen LogP contribution < -0.4 is 15.5 Å². The molecule has 1 aromatic carbocycles. The van der Waals surface area contributed by atoms with Gasteiger partial charge in [0.2, 0.25) is 0 Å². The number of morpholine rings is 1. The topological polar surface area (TPSA) is 61.8 Å². The number of aromatic nitrogens is 1. The van der Waals surface area contributed by atoms with E-state index in [0.29, 0.717) is 45.2 Å². The zero-order chi connectivity index (χ0) is 22.1. The summed E-state index contributed by atoms with van der Waals surface area (Å²) in [7, 11) is 0. The molecule has 0 radical (unpaired) electrons. The molecule has 31 heavy (non-hydrogen) atoms. The molecular formula is C22H28F3N5O. The molecule has 1 aromatic heterocycles. The predicted molar refractivity (Wildman–Crippen MR) is 115 cm³/mol. The van der Waals surface area contributed by atoms with E-state index >= 15 is 0 Å². The van der Waals surface area contributed by atoms with Crippen LogP contribution in [0.3, 0.4) is 0 Å². The first-order chi connectivity index (χ1) is 15.0. The van der Waals surface area contributed by atoms with Crippen molar-refractivity contribution in [1.82, 2.24) is 15.6 Å². The molecule has 0 spiro atoms. The van der Waals surface area contributed by atoms with E-state index in [-0.39, 0.29) is 0 Å². The van der Waals surface area contributed by atoms with Crippen molar-refractivity contribution in [3.8, 4) is 0 Å². The molecule has 0 unspecified atom stereocenters. The summed E-state index contributed by atoms with van der Waals surface area (Å²) in [4.78, 5) is 11.4. The van der Waals surface area contributed by atoms with Gasteiger partial charge in [-0.05, 0) is 37.1 Å². The highest BCUT2D eigenvalue weighted by atomic mass is 19.4. The van der Waals surface area contributed by atoms with Gasteiger partial charge in [-0.15, -0.1) is 0 Å². The number of aliphatic imine (C=N–C) groups is 1. The SMILES string of the molecule is CCNC(=NCc1cccnc1N1CCOCC1)NCCc1ccc(C(F)(F)F)cc1. The molecule has 1 aliphatic heterocycles. The van der Waals surface area contributed by atoms with Crippen LogP contribution >= 0.6 is 0 Å². The summed E-state index contributed by atoms with van der Waals surface area (Å²) in [6, 6.07) is 9.18. The second kappa shape index (κ2) is 11.0. The molecular weight excluding hydrogens is 407 g/mol. The van der Waals surface area contributed by atoms with Gasteiger partial charge in [0.15, 0.2) is 5.96 Å². The third kappa shape index (κ3) is 6.85. The van der Waals surface area contributed by atoms with Crippen LogP contribution in [0.25, 0.3) is 0 Å². The monoisotopic (exact) mass is 435 g/mol. The first-order valence-electron chi connectivity index (χ1n) is 10.4. The lowest BCUT2D eigenvalue weighted by Crippen LogP contribution is -2.38. The van der Waals surface area contributed by atoms with Crippen molar-refractivity contribution < 1.29 is 17.9 Å². The Bertz CT molecular complexity index is 849. The highest BCUT2D eigenvalue weighted by molar-refractivity contribution is 5.79. The Kier molecular flexibility index (Phi) is 8.11. The Morgan fingerprint density at radius 2 is 1.87 bits per heavy atom. The first-order valence-corrected chi connectivity index (χ1v) is 10.4. The van der Waals surface area contributed by atoms with E-state index in [1.165, 1.54) is 12.1 Å². The summed E-state index contributed by atoms with van der Waals surface area (Å²) >= 11 is 0. The van der Waals surface area contributed by atoms with E-state index in [1.54, 1.807) is 6.20 Å². The zero-order valence-electron chi connectivity index (χ0n) is 17.6. The van der Waals surface area contributed by atoms with Crippen molar-refractivity contribution in [2.45, 2.75) is 26.1 Å². The number of anilines is 1. The van der Waals surface area contributed by atoms with Crippen LogP contribution in [0.2, 0.25) is 0 Å². The molecule has 0 saturated carbocycles. The van der Waals surface area contributed by atoms with Crippen molar-refractivity contribution >= 4 is 11.8 Å². The molecule has 1 aliphatic rings. The van der Waals surface area contributed by atoms with Gasteiger partial charge in [0.25, 0.3) is 0 Å². The maximum absolute atomic E-state index is 12.7. The van der Waals surface area contributed by atoms with Gasteiger partial charge in [-0.25, -0.2) is 9.98 Å². The van der Waals surface area contributed by atoms with Crippen molar-refractivity contribution in [3.05, 3.63) is 59.3 Å². The number of guanidine groups is 1. The molecule has 2 N–H and O–H groups in total. The predicted octanol–water partition coefficient (Wildman–Crippen LogP) is 3.23. The summed E-state index contributed by atoms with van der Waals surface area (Å²) in [5.74, 6) is 1.58. The molecule has 2 heterocycles. The second-order valence-electron chi connectivity index (χ2n) is 7.15. The maximum atomic E-state index is 12.7. The fourth-order valence-corrected chi connectivity index (χ4v) is 3.31. The van der Waals surface area contributed by atoms with Crippen molar-refractivity contribution in [3.63, 3.8) is 0 Å². The van der Waals surface area contributed by atoms with Gasteiger partial charge in [0.05, 0.1) is 25.3 Å². The molecule has 0 atom stereocenters. The summed E-state index contributed by atoms with van der Waals surface area (Å²) in [5.41, 5.74) is 1.23. The number of hydrogen-bond acceptors (Lipinski definition) is 4. The first kappa shape index (κ1) is 22.9. The van der Waals surface area contributed by atoms with Gasteiger partial charge in [0.1, 0.15) is 5.82 Å². The number of ether oxygens (including phenoxy) is 1. The Morgan fingerprint density at radius 3 is 2.55 bits per heavy atom. The Hall–Kier alpha value is -2.81. The summed E-state index contributed by atoms with van der Waals surface area (Å²) in [5, 5.41) is 6.45. The lowest BCUT2D eigenvalue weighted by atomic mass is 10.1. The summed E-state index contributed by atoms with van der Waals surface area (Å²) in [6.45, 7) is 6.70. The Labute approximate surface area is 180 Å². The van der Waals surface area contributed by atoms with Crippen LogP contribution in [-0.4, -0.2) is 50.3 Å². The van der Waals surface area contributed by atoms with Crippen molar-refractivity contribution in [2.75, 3.05) is 44.3 Å². The standard InChI is InChI=1S/C22H28F3N5O/c1-2-26-21(28-11-9-17-5-7-19(8-6-17)22(23,24)25)29-16-18-4-3-10-27-20(18)30-12-14-31-15-13-30/h3-8,10H,2,9,11-16H2,1H3,(H2,26,28,29). The number of benzene rings is 1. The van der Waals surface area contributed by atoms with Crippen molar-refractivity contribution in [1.29, 1.82) is 0 Å². The number of halogens is 3. The molecule has 168 valence electrons. The molecule has 0 aliphatic carbocycles. The number of nitrogens with one attached hydrogen (secondary N) is 2. The number of nitrogens with zero attached hydrogens (tertiary/aromatic N) is 3. The van der Waals surface area contributed by atoms with Gasteiger partial charge in [-0.1, -0.05) is 18.2 Å². The quantitative estimate of drug-likeness (QED) is 0.517. The molecule has 0 amide bonds. The highest BCUT2D eigenvalue weighted by Gasteiger charge is 2.29. The highest BCUT2D eigenvalue weighted by Crippen LogP contribution is 2.29. The van der Waals surface area contributed by atoms with Crippen LogP contribution in [-0.2, 0) is 23.9 Å². The molecule has 1 fully saturated rings. The van der Waals surface area contributed by atoms with Gasteiger partial charge in [0, 0.05) is 37.9 Å². The van der Waals surface area contributed by atoms with Gasteiger partial charge < -0.3 is 20.3 Å². The van der Waals surface area contributed by atoms with Crippen LogP contribution in [0.5, 0.6) is 0 Å². The van der Waals surface area contributed by atoms with E-state index in [4.69, 9.17) is 4.74 Å². The minimum atomic E-state index is -4.31. The van der Waals surface area contributed by atoms with E-state index in [9.17, 15) is 13.2 Å². The van der Waals surface area contributed by atoms with Crippen molar-refractivity contribution in [2.24, 2.45) is 4.99 Å². The van der Waals surface area contributed by atoms with Crippen LogP contribution in [0, 0.1) is 0 Å². The molecule has 1 saturated heterocycles. The van der Waals surface area contributed by atoms with Crippen LogP contribution in [0.1, 0.15) is 23.6 Å². The van der Waals surface area contributed by atoms with E-state index in [2.05, 4.69) is 25.5 Å². The van der Waals surface area contributed by atoms with Crippen LogP contribution in [0.15, 0.2) is 47.6 Å². The number of hydrogen-bond donors (Lipinski definition) is 2. The lowest BCUT2D eigenvalue weighted by Gasteiger charge is -2.29. The molecule has 3 rings (SSSR count). The average Bonchev–Trinajstić information content (AvgIpc) is 2.78. The fourth-order valence-electron chi connectivity index (χ4n) is 3.31. The maximum Gasteiger partial charge on any atom is 0.416 e.